The topological polar surface area (TPSA) is 88.8 Å². The van der Waals surface area contributed by atoms with Crippen molar-refractivity contribution >= 4 is 66.2 Å². The SMILES string of the molecule is Fc1cc(Br)ccc1Nc1nc2nonc2nc1Nc1ccc(Br)cc1F. The van der Waals surface area contributed by atoms with Crippen LogP contribution in [0.2, 0.25) is 0 Å². The van der Waals surface area contributed by atoms with Crippen molar-refractivity contribution in [2.24, 2.45) is 0 Å². The lowest BCUT2D eigenvalue weighted by molar-refractivity contribution is 0.314. The van der Waals surface area contributed by atoms with E-state index in [1.54, 1.807) is 12.1 Å². The van der Waals surface area contributed by atoms with Gasteiger partial charge in [-0.2, -0.15) is 0 Å². The highest BCUT2D eigenvalue weighted by Crippen LogP contribution is 2.30. The van der Waals surface area contributed by atoms with E-state index in [2.05, 4.69) is 67.4 Å². The standard InChI is InChI=1S/C16H8Br2F2N6O/c17-7-1-3-11(9(19)5-7)21-13-14(24-16-15(23-13)25-27-26-16)22-12-4-2-8(18)6-10(12)20/h1-6H,(H,21,23,25)(H,22,24,26). The van der Waals surface area contributed by atoms with Crippen LogP contribution < -0.4 is 10.6 Å². The monoisotopic (exact) mass is 496 g/mol. The quantitative estimate of drug-likeness (QED) is 0.395. The second-order valence-corrected chi connectivity index (χ2v) is 7.16. The van der Waals surface area contributed by atoms with Crippen LogP contribution in [-0.2, 0) is 0 Å². The molecule has 0 amide bonds. The Labute approximate surface area is 167 Å². The Morgan fingerprint density at radius 2 is 1.19 bits per heavy atom. The molecule has 2 heterocycles. The predicted octanol–water partition coefficient (Wildman–Crippen LogP) is 5.30. The zero-order chi connectivity index (χ0) is 19.0. The number of rotatable bonds is 4. The van der Waals surface area contributed by atoms with E-state index < -0.39 is 11.6 Å². The van der Waals surface area contributed by atoms with E-state index >= 15 is 0 Å². The van der Waals surface area contributed by atoms with E-state index in [0.29, 0.717) is 8.95 Å². The zero-order valence-corrected chi connectivity index (χ0v) is 16.3. The van der Waals surface area contributed by atoms with Gasteiger partial charge in [0.05, 0.1) is 11.4 Å². The Bertz CT molecular complexity index is 1070. The number of benzene rings is 2. The van der Waals surface area contributed by atoms with Gasteiger partial charge in [-0.15, -0.1) is 0 Å². The first-order valence-electron chi connectivity index (χ1n) is 7.44. The maximum atomic E-state index is 14.2. The first-order valence-corrected chi connectivity index (χ1v) is 9.02. The van der Waals surface area contributed by atoms with Crippen LogP contribution >= 0.6 is 31.9 Å². The van der Waals surface area contributed by atoms with E-state index in [0.717, 1.165) is 0 Å². The lowest BCUT2D eigenvalue weighted by atomic mass is 10.3. The molecule has 0 aliphatic carbocycles. The third kappa shape index (κ3) is 3.74. The Kier molecular flexibility index (Phi) is 4.70. The summed E-state index contributed by atoms with van der Waals surface area (Å²) in [5.74, 6) is -0.765. The van der Waals surface area contributed by atoms with Gasteiger partial charge in [0.15, 0.2) is 11.6 Å². The lowest BCUT2D eigenvalue weighted by Gasteiger charge is -2.13. The number of nitrogens with one attached hydrogen (secondary N) is 2. The largest absolute Gasteiger partial charge is 0.335 e. The molecule has 2 aromatic carbocycles. The molecule has 2 N–H and O–H groups in total. The van der Waals surface area contributed by atoms with Gasteiger partial charge in [-0.1, -0.05) is 31.9 Å². The number of nitrogens with zero attached hydrogens (tertiary/aromatic N) is 4. The number of fused-ring (bicyclic) bond motifs is 1. The molecule has 4 rings (SSSR count). The van der Waals surface area contributed by atoms with Crippen LogP contribution in [0.15, 0.2) is 50.0 Å². The van der Waals surface area contributed by atoms with E-state index in [1.807, 2.05) is 0 Å². The van der Waals surface area contributed by atoms with Crippen LogP contribution in [0.4, 0.5) is 31.8 Å². The summed E-state index contributed by atoms with van der Waals surface area (Å²) in [7, 11) is 0. The summed E-state index contributed by atoms with van der Waals surface area (Å²) in [5.41, 5.74) is 0.555. The first kappa shape index (κ1) is 17.7. The van der Waals surface area contributed by atoms with Crippen LogP contribution in [0.3, 0.4) is 0 Å². The molecule has 0 atom stereocenters. The molecule has 2 aromatic heterocycles. The Hall–Kier alpha value is -2.66. The van der Waals surface area contributed by atoms with Gasteiger partial charge in [0.1, 0.15) is 11.6 Å². The molecule has 0 saturated carbocycles. The second kappa shape index (κ2) is 7.16. The first-order chi connectivity index (χ1) is 13.0. The normalized spacial score (nSPS) is 11.0. The predicted molar refractivity (Wildman–Crippen MR) is 102 cm³/mol. The molecule has 0 unspecified atom stereocenters. The number of aromatic nitrogens is 4. The molecule has 27 heavy (non-hydrogen) atoms. The van der Waals surface area contributed by atoms with Gasteiger partial charge in [-0.05, 0) is 46.7 Å². The van der Waals surface area contributed by atoms with Crippen LogP contribution in [0.1, 0.15) is 0 Å². The molecule has 0 radical (unpaired) electrons. The third-order valence-corrected chi connectivity index (χ3v) is 4.47. The summed E-state index contributed by atoms with van der Waals surface area (Å²) in [6.07, 6.45) is 0. The third-order valence-electron chi connectivity index (χ3n) is 3.48. The highest BCUT2D eigenvalue weighted by molar-refractivity contribution is 9.10. The fraction of sp³-hybridized carbons (Fsp3) is 0. The van der Waals surface area contributed by atoms with Crippen LogP contribution in [0.5, 0.6) is 0 Å². The molecule has 0 saturated heterocycles. The van der Waals surface area contributed by atoms with Crippen molar-refractivity contribution in [2.75, 3.05) is 10.6 Å². The molecular formula is C16H8Br2F2N6O. The van der Waals surface area contributed by atoms with Gasteiger partial charge >= 0.3 is 0 Å². The summed E-state index contributed by atoms with van der Waals surface area (Å²) in [5, 5.41) is 12.9. The smallest absolute Gasteiger partial charge is 0.245 e. The molecule has 0 aliphatic rings. The van der Waals surface area contributed by atoms with Gasteiger partial charge in [-0.25, -0.2) is 23.4 Å². The van der Waals surface area contributed by atoms with Crippen LogP contribution in [0.25, 0.3) is 11.3 Å². The molecule has 0 aliphatic heterocycles. The summed E-state index contributed by atoms with van der Waals surface area (Å²) >= 11 is 6.39. The Morgan fingerprint density at radius 3 is 1.59 bits per heavy atom. The zero-order valence-electron chi connectivity index (χ0n) is 13.2. The summed E-state index contributed by atoms with van der Waals surface area (Å²) in [4.78, 5) is 8.45. The van der Waals surface area contributed by atoms with Crippen LogP contribution in [0, 0.1) is 11.6 Å². The van der Waals surface area contributed by atoms with Crippen molar-refractivity contribution in [3.8, 4) is 0 Å². The minimum absolute atomic E-state index is 0.122. The van der Waals surface area contributed by atoms with Gasteiger partial charge < -0.3 is 10.6 Å². The molecule has 4 aromatic rings. The van der Waals surface area contributed by atoms with Gasteiger partial charge in [0, 0.05) is 8.95 Å². The maximum absolute atomic E-state index is 14.2. The number of hydrogen-bond donors (Lipinski definition) is 2. The lowest BCUT2D eigenvalue weighted by Crippen LogP contribution is -2.05. The maximum Gasteiger partial charge on any atom is 0.245 e. The van der Waals surface area contributed by atoms with Crippen molar-refractivity contribution in [1.29, 1.82) is 0 Å². The van der Waals surface area contributed by atoms with E-state index in [1.165, 1.54) is 24.3 Å². The highest BCUT2D eigenvalue weighted by Gasteiger charge is 2.16. The van der Waals surface area contributed by atoms with E-state index in [9.17, 15) is 8.78 Å². The molecule has 136 valence electrons. The minimum atomic E-state index is -0.509. The summed E-state index contributed by atoms with van der Waals surface area (Å²) in [6, 6.07) is 8.97. The second-order valence-electron chi connectivity index (χ2n) is 5.33. The van der Waals surface area contributed by atoms with Crippen molar-refractivity contribution in [3.05, 3.63) is 57.0 Å². The number of hydrogen-bond acceptors (Lipinski definition) is 7. The summed E-state index contributed by atoms with van der Waals surface area (Å²) in [6.45, 7) is 0. The average Bonchev–Trinajstić information content (AvgIpc) is 3.07. The highest BCUT2D eigenvalue weighted by atomic mass is 79.9. The van der Waals surface area contributed by atoms with E-state index in [4.69, 9.17) is 0 Å². The summed E-state index contributed by atoms with van der Waals surface area (Å²) < 4.78 is 34.2. The van der Waals surface area contributed by atoms with Crippen molar-refractivity contribution < 1.29 is 13.4 Å². The van der Waals surface area contributed by atoms with Crippen molar-refractivity contribution in [2.45, 2.75) is 0 Å². The van der Waals surface area contributed by atoms with Gasteiger partial charge in [0.2, 0.25) is 11.3 Å². The fourth-order valence-corrected chi connectivity index (χ4v) is 2.92. The minimum Gasteiger partial charge on any atom is -0.335 e. The molecule has 11 heteroatoms. The fourth-order valence-electron chi connectivity index (χ4n) is 2.25. The molecule has 7 nitrogen and oxygen atoms in total. The number of halogens is 4. The van der Waals surface area contributed by atoms with Gasteiger partial charge in [0.25, 0.3) is 0 Å². The molecule has 0 bridgehead atoms. The van der Waals surface area contributed by atoms with Crippen LogP contribution in [-0.4, -0.2) is 20.3 Å². The molecule has 0 fully saturated rings. The Balaban J connectivity index is 1.77. The number of anilines is 4. The molecular weight excluding hydrogens is 490 g/mol. The Morgan fingerprint density at radius 1 is 0.741 bits per heavy atom. The van der Waals surface area contributed by atoms with E-state index in [-0.39, 0.29) is 34.3 Å². The molecule has 0 spiro atoms. The van der Waals surface area contributed by atoms with Gasteiger partial charge in [-0.3, -0.25) is 0 Å². The average molecular weight is 498 g/mol. The van der Waals surface area contributed by atoms with Crippen molar-refractivity contribution in [1.82, 2.24) is 20.3 Å². The van der Waals surface area contributed by atoms with Crippen molar-refractivity contribution in [3.63, 3.8) is 0 Å².